The van der Waals surface area contributed by atoms with Crippen molar-refractivity contribution in [2.45, 2.75) is 39.3 Å². The first-order chi connectivity index (χ1) is 15.6. The van der Waals surface area contributed by atoms with Gasteiger partial charge in [0.15, 0.2) is 5.82 Å². The van der Waals surface area contributed by atoms with Crippen LogP contribution < -0.4 is 5.56 Å². The third kappa shape index (κ3) is 4.08. The molecule has 0 radical (unpaired) electrons. The molecule has 0 spiro atoms. The van der Waals surface area contributed by atoms with Crippen LogP contribution in [0.4, 0.5) is 0 Å². The molecule has 164 valence electrons. The minimum Gasteiger partial charge on any atom is -0.322 e. The number of fused-ring (bicyclic) bond motifs is 1. The average Bonchev–Trinajstić information content (AvgIpc) is 3.23. The minimum atomic E-state index is -0.301. The van der Waals surface area contributed by atoms with Crippen molar-refractivity contribution in [1.82, 2.24) is 30.1 Å². The lowest BCUT2D eigenvalue weighted by molar-refractivity contribution is 0.141. The number of hydrogen-bond donors (Lipinski definition) is 1. The Labute approximate surface area is 187 Å². The number of hydrogen-bond acceptors (Lipinski definition) is 5. The summed E-state index contributed by atoms with van der Waals surface area (Å²) in [6.07, 6.45) is 2.30. The third-order valence-electron chi connectivity index (χ3n) is 6.36. The van der Waals surface area contributed by atoms with Crippen LogP contribution in [0.1, 0.15) is 48.3 Å². The lowest BCUT2D eigenvalue weighted by Crippen LogP contribution is -2.41. The van der Waals surface area contributed by atoms with E-state index < -0.39 is 0 Å². The van der Waals surface area contributed by atoms with Crippen molar-refractivity contribution in [2.24, 2.45) is 5.92 Å². The Morgan fingerprint density at radius 2 is 2.00 bits per heavy atom. The zero-order valence-electron chi connectivity index (χ0n) is 18.5. The molecule has 0 bridgehead atoms. The summed E-state index contributed by atoms with van der Waals surface area (Å²) in [5.41, 5.74) is 3.74. The molecule has 32 heavy (non-hydrogen) atoms. The van der Waals surface area contributed by atoms with Gasteiger partial charge in [-0.2, -0.15) is 0 Å². The Morgan fingerprint density at radius 3 is 2.81 bits per heavy atom. The molecule has 1 fully saturated rings. The molecule has 2 aromatic heterocycles. The summed E-state index contributed by atoms with van der Waals surface area (Å²) in [7, 11) is 0. The molecule has 7 nitrogen and oxygen atoms in total. The number of aromatic amines is 1. The van der Waals surface area contributed by atoms with Gasteiger partial charge in [0.25, 0.3) is 5.56 Å². The Balaban J connectivity index is 1.63. The molecule has 1 N–H and O–H groups in total. The number of H-pyrrole nitrogens is 1. The van der Waals surface area contributed by atoms with Gasteiger partial charge in [-0.3, -0.25) is 9.69 Å². The van der Waals surface area contributed by atoms with E-state index in [-0.39, 0.29) is 11.6 Å². The smallest absolute Gasteiger partial charge is 0.253 e. The van der Waals surface area contributed by atoms with Gasteiger partial charge in [-0.05, 0) is 71.8 Å². The number of piperidine rings is 1. The lowest BCUT2D eigenvalue weighted by atomic mass is 9.95. The Morgan fingerprint density at radius 1 is 1.16 bits per heavy atom. The second-order valence-electron chi connectivity index (χ2n) is 8.97. The first-order valence-electron chi connectivity index (χ1n) is 11.3. The van der Waals surface area contributed by atoms with Crippen molar-refractivity contribution < 1.29 is 0 Å². The maximum atomic E-state index is 13.3. The molecule has 2 aromatic carbocycles. The molecule has 0 unspecified atom stereocenters. The van der Waals surface area contributed by atoms with E-state index in [2.05, 4.69) is 57.5 Å². The van der Waals surface area contributed by atoms with Gasteiger partial charge in [-0.25, -0.2) is 4.68 Å². The predicted molar refractivity (Wildman–Crippen MR) is 124 cm³/mol. The van der Waals surface area contributed by atoms with Gasteiger partial charge in [0.05, 0.1) is 6.54 Å². The van der Waals surface area contributed by atoms with E-state index in [1.165, 1.54) is 6.42 Å². The van der Waals surface area contributed by atoms with Crippen LogP contribution in [-0.4, -0.2) is 43.2 Å². The summed E-state index contributed by atoms with van der Waals surface area (Å²) >= 11 is 0. The Kier molecular flexibility index (Phi) is 5.57. The molecule has 4 aromatic rings. The summed E-state index contributed by atoms with van der Waals surface area (Å²) in [5.74, 6) is 1.27. The van der Waals surface area contributed by atoms with Crippen LogP contribution in [0, 0.1) is 12.8 Å². The lowest BCUT2D eigenvalue weighted by Gasteiger charge is -2.36. The van der Waals surface area contributed by atoms with E-state index in [0.717, 1.165) is 41.5 Å². The number of aromatic nitrogens is 5. The topological polar surface area (TPSA) is 79.7 Å². The van der Waals surface area contributed by atoms with Crippen LogP contribution in [0.2, 0.25) is 0 Å². The quantitative estimate of drug-likeness (QED) is 0.524. The van der Waals surface area contributed by atoms with Crippen molar-refractivity contribution in [3.05, 3.63) is 87.5 Å². The van der Waals surface area contributed by atoms with Gasteiger partial charge in [-0.15, -0.1) is 5.10 Å². The number of aryl methyl sites for hydroxylation is 1. The van der Waals surface area contributed by atoms with Crippen molar-refractivity contribution in [3.63, 3.8) is 0 Å². The van der Waals surface area contributed by atoms with Gasteiger partial charge in [0.1, 0.15) is 6.04 Å². The molecule has 7 heteroatoms. The Hall–Kier alpha value is -3.32. The molecule has 3 heterocycles. The fourth-order valence-corrected chi connectivity index (χ4v) is 4.78. The minimum absolute atomic E-state index is 0.0844. The summed E-state index contributed by atoms with van der Waals surface area (Å²) < 4.78 is 1.83. The summed E-state index contributed by atoms with van der Waals surface area (Å²) in [5, 5.41) is 13.8. The van der Waals surface area contributed by atoms with E-state index in [9.17, 15) is 4.79 Å². The number of benzene rings is 2. The number of tetrazole rings is 1. The number of pyridine rings is 1. The molecule has 2 atom stereocenters. The summed E-state index contributed by atoms with van der Waals surface area (Å²) in [4.78, 5) is 18.7. The number of nitrogens with zero attached hydrogens (tertiary/aromatic N) is 5. The number of nitrogens with one attached hydrogen (secondary N) is 1. The molecule has 0 amide bonds. The van der Waals surface area contributed by atoms with E-state index in [4.69, 9.17) is 0 Å². The van der Waals surface area contributed by atoms with E-state index >= 15 is 0 Å². The fourth-order valence-electron chi connectivity index (χ4n) is 4.78. The van der Waals surface area contributed by atoms with E-state index in [1.807, 2.05) is 41.1 Å². The van der Waals surface area contributed by atoms with Crippen LogP contribution in [-0.2, 0) is 6.54 Å². The van der Waals surface area contributed by atoms with Crippen molar-refractivity contribution >= 4 is 10.9 Å². The zero-order chi connectivity index (χ0) is 22.1. The normalized spacial score (nSPS) is 18.1. The van der Waals surface area contributed by atoms with E-state index in [1.54, 1.807) is 0 Å². The first-order valence-corrected chi connectivity index (χ1v) is 11.3. The molecule has 0 aliphatic carbocycles. The molecular weight excluding hydrogens is 400 g/mol. The Bertz CT molecular complexity index is 1280. The monoisotopic (exact) mass is 428 g/mol. The molecule has 1 aliphatic rings. The molecular formula is C25H28N6O. The first kappa shape index (κ1) is 20.6. The summed E-state index contributed by atoms with van der Waals surface area (Å²) in [6.45, 7) is 6.72. The standard InChI is InChI=1S/C25H28N6O/c1-17-10-11-22-20(13-17)14-21(25(32)26-22)23(30-12-6-7-18(2)15-30)24-27-28-29-31(24)16-19-8-4-3-5-9-19/h3-5,8-11,13-14,18,23H,6-7,12,15-16H2,1-2H3,(H,26,32)/t18-,23-/m1/s1. The number of rotatable bonds is 5. The SMILES string of the molecule is Cc1ccc2[nH]c(=O)c([C@H](c3nnnn3Cc3ccccc3)N3CCC[C@@H](C)C3)cc2c1. The summed E-state index contributed by atoms with van der Waals surface area (Å²) in [6, 6.07) is 18.0. The predicted octanol–water partition coefficient (Wildman–Crippen LogP) is 3.69. The van der Waals surface area contributed by atoms with Crippen LogP contribution in [0.3, 0.4) is 0 Å². The second-order valence-corrected chi connectivity index (χ2v) is 8.97. The van der Waals surface area contributed by atoms with E-state index in [0.29, 0.717) is 23.9 Å². The molecule has 1 aliphatic heterocycles. The van der Waals surface area contributed by atoms with Crippen molar-refractivity contribution in [3.8, 4) is 0 Å². The van der Waals surface area contributed by atoms with Crippen LogP contribution in [0.5, 0.6) is 0 Å². The largest absolute Gasteiger partial charge is 0.322 e. The highest BCUT2D eigenvalue weighted by Gasteiger charge is 2.32. The van der Waals surface area contributed by atoms with Gasteiger partial charge < -0.3 is 4.98 Å². The highest BCUT2D eigenvalue weighted by atomic mass is 16.1. The zero-order valence-corrected chi connectivity index (χ0v) is 18.5. The van der Waals surface area contributed by atoms with Gasteiger partial charge >= 0.3 is 0 Å². The van der Waals surface area contributed by atoms with Gasteiger partial charge in [-0.1, -0.05) is 48.9 Å². The van der Waals surface area contributed by atoms with Gasteiger partial charge in [0.2, 0.25) is 0 Å². The van der Waals surface area contributed by atoms with Crippen molar-refractivity contribution in [2.75, 3.05) is 13.1 Å². The highest BCUT2D eigenvalue weighted by Crippen LogP contribution is 2.31. The fraction of sp³-hybridized carbons (Fsp3) is 0.360. The number of likely N-dealkylation sites (tertiary alicyclic amines) is 1. The average molecular weight is 429 g/mol. The maximum Gasteiger partial charge on any atom is 0.253 e. The van der Waals surface area contributed by atoms with Crippen molar-refractivity contribution in [1.29, 1.82) is 0 Å². The van der Waals surface area contributed by atoms with Crippen LogP contribution >= 0.6 is 0 Å². The molecule has 1 saturated heterocycles. The maximum absolute atomic E-state index is 13.3. The molecule has 5 rings (SSSR count). The van der Waals surface area contributed by atoms with Crippen LogP contribution in [0.15, 0.2) is 59.4 Å². The molecule has 0 saturated carbocycles. The highest BCUT2D eigenvalue weighted by molar-refractivity contribution is 5.79. The van der Waals surface area contributed by atoms with Gasteiger partial charge in [0, 0.05) is 17.6 Å². The van der Waals surface area contributed by atoms with Crippen LogP contribution in [0.25, 0.3) is 10.9 Å². The second kappa shape index (κ2) is 8.67. The third-order valence-corrected chi connectivity index (χ3v) is 6.36.